The molecule has 0 saturated heterocycles. The molecule has 4 heteroatoms. The third-order valence-corrected chi connectivity index (χ3v) is 4.07. The first kappa shape index (κ1) is 14.7. The molecule has 0 aliphatic rings. The van der Waals surface area contributed by atoms with Gasteiger partial charge in [0.05, 0.1) is 18.8 Å². The van der Waals surface area contributed by atoms with Crippen LogP contribution in [0, 0.1) is 0 Å². The fourth-order valence-electron chi connectivity index (χ4n) is 2.86. The summed E-state index contributed by atoms with van der Waals surface area (Å²) in [6.07, 6.45) is 4.30. The van der Waals surface area contributed by atoms with Crippen LogP contribution in [0.25, 0.3) is 27.5 Å². The van der Waals surface area contributed by atoms with Gasteiger partial charge in [-0.05, 0) is 41.1 Å². The highest BCUT2D eigenvalue weighted by molar-refractivity contribution is 5.86. The zero-order valence-corrected chi connectivity index (χ0v) is 13.2. The molecule has 24 heavy (non-hydrogen) atoms. The van der Waals surface area contributed by atoms with Gasteiger partial charge in [0.2, 0.25) is 0 Å². The fourth-order valence-corrected chi connectivity index (χ4v) is 2.86. The highest BCUT2D eigenvalue weighted by Gasteiger charge is 2.05. The number of rotatable bonds is 5. The van der Waals surface area contributed by atoms with E-state index in [0.29, 0.717) is 13.0 Å². The van der Waals surface area contributed by atoms with Gasteiger partial charge in [0.15, 0.2) is 0 Å². The molecule has 0 N–H and O–H groups in total. The highest BCUT2D eigenvalue weighted by atomic mass is 19.1. The summed E-state index contributed by atoms with van der Waals surface area (Å²) >= 11 is 0. The number of alkyl halides is 1. The van der Waals surface area contributed by atoms with Crippen molar-refractivity contribution in [1.29, 1.82) is 0 Å². The number of nitrogens with zero attached hydrogens (tertiary/aromatic N) is 2. The standard InChI is InChI=1S/C20H17FN2O/c21-9-3-11-24-18-7-6-16-13-20(22-14-17(16)12-18)23-10-8-15-4-1-2-5-19(15)23/h1-2,4-8,10,12-14H,3,9,11H2. The van der Waals surface area contributed by atoms with E-state index < -0.39 is 0 Å². The van der Waals surface area contributed by atoms with Crippen LogP contribution in [-0.4, -0.2) is 22.8 Å². The Bertz CT molecular complexity index is 993. The number of aromatic nitrogens is 2. The molecule has 0 aliphatic heterocycles. The van der Waals surface area contributed by atoms with Crippen LogP contribution in [0.15, 0.2) is 67.0 Å². The minimum atomic E-state index is -0.358. The van der Waals surface area contributed by atoms with E-state index in [-0.39, 0.29) is 6.67 Å². The summed E-state index contributed by atoms with van der Waals surface area (Å²) < 4.78 is 19.8. The lowest BCUT2D eigenvalue weighted by Crippen LogP contribution is -1.98. The molecule has 0 unspecified atom stereocenters. The molecule has 4 rings (SSSR count). The van der Waals surface area contributed by atoms with Crippen LogP contribution in [0.5, 0.6) is 5.75 Å². The molecule has 0 aliphatic carbocycles. The second kappa shape index (κ2) is 6.32. The van der Waals surface area contributed by atoms with Crippen LogP contribution < -0.4 is 4.74 Å². The average molecular weight is 320 g/mol. The summed E-state index contributed by atoms with van der Waals surface area (Å²) in [4.78, 5) is 4.58. The van der Waals surface area contributed by atoms with Crippen LogP contribution in [0.1, 0.15) is 6.42 Å². The van der Waals surface area contributed by atoms with Gasteiger partial charge in [-0.15, -0.1) is 0 Å². The van der Waals surface area contributed by atoms with Crippen molar-refractivity contribution in [2.24, 2.45) is 0 Å². The van der Waals surface area contributed by atoms with E-state index in [4.69, 9.17) is 4.74 Å². The number of para-hydroxylation sites is 1. The highest BCUT2D eigenvalue weighted by Crippen LogP contribution is 2.24. The molecular formula is C20H17FN2O. The van der Waals surface area contributed by atoms with Gasteiger partial charge in [0.1, 0.15) is 11.6 Å². The maximum atomic E-state index is 12.1. The van der Waals surface area contributed by atoms with Crippen LogP contribution in [0.3, 0.4) is 0 Å². The summed E-state index contributed by atoms with van der Waals surface area (Å²) in [5, 5.41) is 3.29. The second-order valence-electron chi connectivity index (χ2n) is 5.69. The minimum absolute atomic E-state index is 0.358. The first-order valence-corrected chi connectivity index (χ1v) is 8.00. The molecule has 4 aromatic rings. The molecule has 0 fully saturated rings. The van der Waals surface area contributed by atoms with E-state index in [1.165, 1.54) is 5.39 Å². The summed E-state index contributed by atoms with van der Waals surface area (Å²) in [6, 6.07) is 18.3. The maximum Gasteiger partial charge on any atom is 0.137 e. The summed E-state index contributed by atoms with van der Waals surface area (Å²) in [5.41, 5.74) is 1.13. The lowest BCUT2D eigenvalue weighted by Gasteiger charge is -2.08. The molecule has 120 valence electrons. The largest absolute Gasteiger partial charge is 0.493 e. The van der Waals surface area contributed by atoms with E-state index >= 15 is 0 Å². The lowest BCUT2D eigenvalue weighted by molar-refractivity contribution is 0.290. The Hall–Kier alpha value is -2.88. The number of hydrogen-bond donors (Lipinski definition) is 0. The molecule has 2 aromatic carbocycles. The van der Waals surface area contributed by atoms with Crippen molar-refractivity contribution < 1.29 is 9.13 Å². The number of pyridine rings is 1. The van der Waals surface area contributed by atoms with E-state index in [1.54, 1.807) is 0 Å². The lowest BCUT2D eigenvalue weighted by atomic mass is 10.1. The summed E-state index contributed by atoms with van der Waals surface area (Å²) in [5.74, 6) is 1.63. The molecule has 0 saturated carbocycles. The van der Waals surface area contributed by atoms with Crippen molar-refractivity contribution in [3.05, 3.63) is 67.0 Å². The molecule has 0 spiro atoms. The Labute approximate surface area is 139 Å². The maximum absolute atomic E-state index is 12.1. The Morgan fingerprint density at radius 1 is 0.958 bits per heavy atom. The number of fused-ring (bicyclic) bond motifs is 2. The molecule has 0 radical (unpaired) electrons. The van der Waals surface area contributed by atoms with Gasteiger partial charge in [0, 0.05) is 24.2 Å². The number of benzene rings is 2. The molecule has 2 heterocycles. The summed E-state index contributed by atoms with van der Waals surface area (Å²) in [7, 11) is 0. The van der Waals surface area contributed by atoms with Crippen molar-refractivity contribution >= 4 is 21.7 Å². The van der Waals surface area contributed by atoms with Crippen LogP contribution in [0.2, 0.25) is 0 Å². The van der Waals surface area contributed by atoms with E-state index in [0.717, 1.165) is 27.9 Å². The van der Waals surface area contributed by atoms with Gasteiger partial charge in [0.25, 0.3) is 0 Å². The Kier molecular flexibility index (Phi) is 3.87. The first-order valence-electron chi connectivity index (χ1n) is 8.00. The Morgan fingerprint density at radius 2 is 1.88 bits per heavy atom. The quantitative estimate of drug-likeness (QED) is 0.488. The van der Waals surface area contributed by atoms with Crippen LogP contribution in [0.4, 0.5) is 4.39 Å². The topological polar surface area (TPSA) is 27.1 Å². The number of halogens is 1. The molecule has 3 nitrogen and oxygen atoms in total. The first-order chi connectivity index (χ1) is 11.8. The average Bonchev–Trinajstić information content (AvgIpc) is 3.05. The van der Waals surface area contributed by atoms with E-state index in [2.05, 4.69) is 33.8 Å². The van der Waals surface area contributed by atoms with Gasteiger partial charge in [-0.1, -0.05) is 24.3 Å². The van der Waals surface area contributed by atoms with Crippen molar-refractivity contribution in [3.8, 4) is 11.6 Å². The zero-order valence-electron chi connectivity index (χ0n) is 13.2. The van der Waals surface area contributed by atoms with Crippen LogP contribution >= 0.6 is 0 Å². The normalized spacial score (nSPS) is 11.2. The SMILES string of the molecule is FCCCOc1ccc2cc(-n3ccc4ccccc43)ncc2c1. The number of ether oxygens (including phenoxy) is 1. The second-order valence-corrected chi connectivity index (χ2v) is 5.69. The molecule has 2 aromatic heterocycles. The fraction of sp³-hybridized carbons (Fsp3) is 0.150. The number of hydrogen-bond acceptors (Lipinski definition) is 2. The molecular weight excluding hydrogens is 303 g/mol. The Balaban J connectivity index is 1.69. The minimum Gasteiger partial charge on any atom is -0.493 e. The monoisotopic (exact) mass is 320 g/mol. The molecule has 0 amide bonds. The van der Waals surface area contributed by atoms with Crippen LogP contribution in [-0.2, 0) is 0 Å². The van der Waals surface area contributed by atoms with Crippen molar-refractivity contribution in [3.63, 3.8) is 0 Å². The smallest absolute Gasteiger partial charge is 0.137 e. The molecule has 0 bridgehead atoms. The van der Waals surface area contributed by atoms with Gasteiger partial charge in [-0.2, -0.15) is 0 Å². The van der Waals surface area contributed by atoms with E-state index in [9.17, 15) is 4.39 Å². The Morgan fingerprint density at radius 3 is 2.79 bits per heavy atom. The predicted octanol–water partition coefficient (Wildman–Crippen LogP) is 4.92. The molecule has 0 atom stereocenters. The predicted molar refractivity (Wildman–Crippen MR) is 94.7 cm³/mol. The van der Waals surface area contributed by atoms with E-state index in [1.807, 2.05) is 42.7 Å². The van der Waals surface area contributed by atoms with Crippen molar-refractivity contribution in [2.45, 2.75) is 6.42 Å². The van der Waals surface area contributed by atoms with Gasteiger partial charge in [-0.3, -0.25) is 4.39 Å². The zero-order chi connectivity index (χ0) is 16.4. The summed E-state index contributed by atoms with van der Waals surface area (Å²) in [6.45, 7) is 0.0339. The van der Waals surface area contributed by atoms with Gasteiger partial charge >= 0.3 is 0 Å². The van der Waals surface area contributed by atoms with Crippen molar-refractivity contribution in [1.82, 2.24) is 9.55 Å². The third-order valence-electron chi connectivity index (χ3n) is 4.07. The third kappa shape index (κ3) is 2.71. The van der Waals surface area contributed by atoms with Gasteiger partial charge in [-0.25, -0.2) is 4.98 Å². The van der Waals surface area contributed by atoms with Crippen molar-refractivity contribution in [2.75, 3.05) is 13.3 Å². The van der Waals surface area contributed by atoms with Gasteiger partial charge < -0.3 is 9.30 Å².